The average molecular weight is 611 g/mol. The number of fused-ring (bicyclic) bond motifs is 8. The van der Waals surface area contributed by atoms with Crippen molar-refractivity contribution < 1.29 is 4.42 Å². The van der Waals surface area contributed by atoms with E-state index in [1.165, 1.54) is 87.6 Å². The van der Waals surface area contributed by atoms with Crippen LogP contribution in [0.1, 0.15) is 25.0 Å². The van der Waals surface area contributed by atoms with Gasteiger partial charge in [0.15, 0.2) is 0 Å². The first-order valence-corrected chi connectivity index (χ1v) is 16.8. The van der Waals surface area contributed by atoms with Crippen molar-refractivity contribution in [3.63, 3.8) is 0 Å². The molecule has 0 amide bonds. The zero-order chi connectivity index (χ0) is 31.7. The molecule has 0 unspecified atom stereocenters. The number of furan rings is 1. The van der Waals surface area contributed by atoms with Crippen LogP contribution in [-0.2, 0) is 5.41 Å². The van der Waals surface area contributed by atoms with E-state index in [0.717, 1.165) is 21.9 Å². The summed E-state index contributed by atoms with van der Waals surface area (Å²) in [6.07, 6.45) is 0. The van der Waals surface area contributed by atoms with Crippen LogP contribution in [0.5, 0.6) is 0 Å². The third-order valence-electron chi connectivity index (χ3n) is 11.2. The highest BCUT2D eigenvalue weighted by molar-refractivity contribution is 6.25. The van der Waals surface area contributed by atoms with Gasteiger partial charge in [-0.2, -0.15) is 0 Å². The Kier molecular flexibility index (Phi) is 4.97. The van der Waals surface area contributed by atoms with Crippen LogP contribution in [-0.4, -0.2) is 0 Å². The predicted octanol–water partition coefficient (Wildman–Crippen LogP) is 13.3. The molecule has 0 fully saturated rings. The lowest BCUT2D eigenvalue weighted by Crippen LogP contribution is -2.15. The van der Waals surface area contributed by atoms with E-state index in [1.807, 2.05) is 6.07 Å². The maximum Gasteiger partial charge on any atom is 0.135 e. The van der Waals surface area contributed by atoms with Gasteiger partial charge in [0.2, 0.25) is 0 Å². The molecule has 0 radical (unpaired) electrons. The molecule has 1 aliphatic rings. The first-order chi connectivity index (χ1) is 23.5. The van der Waals surface area contributed by atoms with Gasteiger partial charge >= 0.3 is 0 Å². The monoisotopic (exact) mass is 610 g/mol. The predicted molar refractivity (Wildman–Crippen MR) is 203 cm³/mol. The molecule has 9 aromatic carbocycles. The highest BCUT2D eigenvalue weighted by Gasteiger charge is 2.39. The van der Waals surface area contributed by atoms with Crippen LogP contribution in [0.15, 0.2) is 150 Å². The summed E-state index contributed by atoms with van der Waals surface area (Å²) >= 11 is 0. The molecule has 1 heteroatoms. The molecule has 224 valence electrons. The average Bonchev–Trinajstić information content (AvgIpc) is 3.61. The minimum Gasteiger partial charge on any atom is -0.456 e. The number of benzene rings is 9. The molecule has 1 heterocycles. The van der Waals surface area contributed by atoms with Gasteiger partial charge < -0.3 is 4.42 Å². The standard InChI is InChI=1S/C47H30O/c1-47(2)40-26-32(33-20-16-29-15-14-27-9-7-10-28-17-21-36(33)44(29)43(27)28)18-22-37(40)45-38(24-30-8-3-4-11-34(30)46(45)47)31-19-23-42-39(25-31)35-12-5-6-13-41(35)48-42/h3-26H,1-2H3. The van der Waals surface area contributed by atoms with Crippen LogP contribution in [0.25, 0.3) is 98.4 Å². The van der Waals surface area contributed by atoms with Crippen LogP contribution >= 0.6 is 0 Å². The van der Waals surface area contributed by atoms with Crippen LogP contribution in [0.4, 0.5) is 0 Å². The maximum atomic E-state index is 6.22. The summed E-state index contributed by atoms with van der Waals surface area (Å²) in [5.74, 6) is 0. The molecule has 0 N–H and O–H groups in total. The SMILES string of the molecule is CC1(C)c2cc(-c3ccc4ccc5cccc6ccc3c4c56)ccc2-c2c(-c3ccc4oc5ccccc5c4c3)cc3ccccc3c21. The molecule has 11 rings (SSSR count). The second-order valence-corrected chi connectivity index (χ2v) is 14.1. The molecular formula is C47H30O. The molecule has 0 saturated carbocycles. The van der Waals surface area contributed by atoms with Gasteiger partial charge in [0, 0.05) is 16.2 Å². The Balaban J connectivity index is 1.17. The van der Waals surface area contributed by atoms with Gasteiger partial charge in [-0.05, 0) is 118 Å². The Morgan fingerprint density at radius 2 is 1.06 bits per heavy atom. The molecule has 0 spiro atoms. The second kappa shape index (κ2) is 9.12. The summed E-state index contributed by atoms with van der Waals surface area (Å²) in [5, 5.41) is 12.9. The second-order valence-electron chi connectivity index (χ2n) is 14.1. The highest BCUT2D eigenvalue weighted by Crippen LogP contribution is 2.56. The molecule has 0 atom stereocenters. The van der Waals surface area contributed by atoms with Gasteiger partial charge in [0.05, 0.1) is 0 Å². The largest absolute Gasteiger partial charge is 0.456 e. The van der Waals surface area contributed by atoms with Gasteiger partial charge in [0.1, 0.15) is 11.2 Å². The normalized spacial score (nSPS) is 13.8. The Bertz CT molecular complexity index is 2960. The number of para-hydroxylation sites is 1. The summed E-state index contributed by atoms with van der Waals surface area (Å²) in [6.45, 7) is 4.82. The molecule has 0 aliphatic heterocycles. The van der Waals surface area contributed by atoms with Crippen molar-refractivity contribution in [2.45, 2.75) is 19.3 Å². The molecule has 1 aromatic heterocycles. The van der Waals surface area contributed by atoms with Crippen molar-refractivity contribution in [1.29, 1.82) is 0 Å². The molecule has 1 nitrogen and oxygen atoms in total. The maximum absolute atomic E-state index is 6.22. The van der Waals surface area contributed by atoms with Crippen molar-refractivity contribution in [2.75, 3.05) is 0 Å². The molecule has 0 saturated heterocycles. The van der Waals surface area contributed by atoms with E-state index in [9.17, 15) is 0 Å². The van der Waals surface area contributed by atoms with E-state index in [-0.39, 0.29) is 5.41 Å². The van der Waals surface area contributed by atoms with Crippen molar-refractivity contribution >= 4 is 65.0 Å². The van der Waals surface area contributed by atoms with Crippen LogP contribution < -0.4 is 0 Å². The Labute approximate surface area is 278 Å². The third-order valence-corrected chi connectivity index (χ3v) is 11.2. The van der Waals surface area contributed by atoms with E-state index in [4.69, 9.17) is 4.42 Å². The molecule has 1 aliphatic carbocycles. The topological polar surface area (TPSA) is 13.1 Å². The van der Waals surface area contributed by atoms with Crippen LogP contribution in [0.3, 0.4) is 0 Å². The minimum absolute atomic E-state index is 0.188. The zero-order valence-electron chi connectivity index (χ0n) is 26.8. The van der Waals surface area contributed by atoms with E-state index in [0.29, 0.717) is 0 Å². The first-order valence-electron chi connectivity index (χ1n) is 16.8. The van der Waals surface area contributed by atoms with Crippen molar-refractivity contribution in [3.8, 4) is 33.4 Å². The Morgan fingerprint density at radius 3 is 1.94 bits per heavy atom. The number of hydrogen-bond acceptors (Lipinski definition) is 1. The Hall–Kier alpha value is -5.92. The van der Waals surface area contributed by atoms with Gasteiger partial charge in [-0.25, -0.2) is 0 Å². The van der Waals surface area contributed by atoms with E-state index in [2.05, 4.69) is 153 Å². The summed E-state index contributed by atoms with van der Waals surface area (Å²) in [7, 11) is 0. The van der Waals surface area contributed by atoms with Gasteiger partial charge in [-0.3, -0.25) is 0 Å². The molecule has 48 heavy (non-hydrogen) atoms. The molecule has 0 bridgehead atoms. The van der Waals surface area contributed by atoms with Crippen molar-refractivity contribution in [3.05, 3.63) is 157 Å². The number of hydrogen-bond donors (Lipinski definition) is 0. The lowest BCUT2D eigenvalue weighted by atomic mass is 9.78. The van der Waals surface area contributed by atoms with Crippen LogP contribution in [0.2, 0.25) is 0 Å². The van der Waals surface area contributed by atoms with Crippen molar-refractivity contribution in [2.24, 2.45) is 0 Å². The summed E-state index contributed by atoms with van der Waals surface area (Å²) < 4.78 is 6.22. The van der Waals surface area contributed by atoms with Crippen LogP contribution in [0, 0.1) is 0 Å². The smallest absolute Gasteiger partial charge is 0.135 e. The fourth-order valence-electron chi connectivity index (χ4n) is 8.97. The molecule has 10 aromatic rings. The van der Waals surface area contributed by atoms with Gasteiger partial charge in [-0.15, -0.1) is 0 Å². The lowest BCUT2D eigenvalue weighted by Gasteiger charge is -2.24. The molecular weight excluding hydrogens is 581 g/mol. The zero-order valence-corrected chi connectivity index (χ0v) is 26.8. The summed E-state index contributed by atoms with van der Waals surface area (Å²) in [4.78, 5) is 0. The van der Waals surface area contributed by atoms with Gasteiger partial charge in [-0.1, -0.05) is 129 Å². The highest BCUT2D eigenvalue weighted by atomic mass is 16.3. The van der Waals surface area contributed by atoms with Gasteiger partial charge in [0.25, 0.3) is 0 Å². The van der Waals surface area contributed by atoms with E-state index < -0.39 is 0 Å². The fraction of sp³-hybridized carbons (Fsp3) is 0.0638. The number of rotatable bonds is 2. The minimum atomic E-state index is -0.188. The summed E-state index contributed by atoms with van der Waals surface area (Å²) in [6, 6.07) is 54.0. The quantitative estimate of drug-likeness (QED) is 0.178. The van der Waals surface area contributed by atoms with E-state index >= 15 is 0 Å². The first kappa shape index (κ1) is 26.2. The lowest BCUT2D eigenvalue weighted by molar-refractivity contribution is 0.666. The summed E-state index contributed by atoms with van der Waals surface area (Å²) in [5.41, 5.74) is 12.2. The van der Waals surface area contributed by atoms with E-state index in [1.54, 1.807) is 0 Å². The Morgan fingerprint density at radius 1 is 0.417 bits per heavy atom. The fourth-order valence-corrected chi connectivity index (χ4v) is 8.97. The third kappa shape index (κ3) is 3.35. The van der Waals surface area contributed by atoms with Crippen molar-refractivity contribution in [1.82, 2.24) is 0 Å².